The van der Waals surface area contributed by atoms with Gasteiger partial charge < -0.3 is 20.0 Å². The van der Waals surface area contributed by atoms with Gasteiger partial charge in [-0.05, 0) is 39.8 Å². The van der Waals surface area contributed by atoms with Crippen molar-refractivity contribution in [2.45, 2.75) is 38.8 Å². The summed E-state index contributed by atoms with van der Waals surface area (Å²) in [4.78, 5) is 25.7. The van der Waals surface area contributed by atoms with Gasteiger partial charge in [-0.1, -0.05) is 0 Å². The van der Waals surface area contributed by atoms with Crippen LogP contribution in [0.15, 0.2) is 12.2 Å². The van der Waals surface area contributed by atoms with Gasteiger partial charge in [0.15, 0.2) is 5.54 Å². The lowest BCUT2D eigenvalue weighted by atomic mass is 10.0. The molecule has 1 unspecified atom stereocenters. The minimum absolute atomic E-state index is 0.0544. The van der Waals surface area contributed by atoms with Crippen molar-refractivity contribution in [1.82, 2.24) is 5.32 Å². The number of nitrogens with zero attached hydrogens (tertiary/aromatic N) is 1. The van der Waals surface area contributed by atoms with Crippen LogP contribution in [0.25, 0.3) is 4.85 Å². The Hall–Kier alpha value is -2.03. The monoisotopic (exact) mass is 254 g/mol. The first-order valence-electron chi connectivity index (χ1n) is 5.36. The van der Waals surface area contributed by atoms with Crippen LogP contribution in [-0.4, -0.2) is 34.9 Å². The minimum atomic E-state index is -1.59. The van der Waals surface area contributed by atoms with Crippen LogP contribution in [0.5, 0.6) is 0 Å². The largest absolute Gasteiger partial charge is 0.479 e. The van der Waals surface area contributed by atoms with E-state index in [0.29, 0.717) is 0 Å². The maximum absolute atomic E-state index is 11.5. The Morgan fingerprint density at radius 2 is 1.94 bits per heavy atom. The van der Waals surface area contributed by atoms with Crippen molar-refractivity contribution in [3.8, 4) is 0 Å². The summed E-state index contributed by atoms with van der Waals surface area (Å²) in [6.45, 7) is 13.0. The molecule has 0 saturated carbocycles. The molecule has 0 heterocycles. The zero-order valence-electron chi connectivity index (χ0n) is 11.0. The minimum Gasteiger partial charge on any atom is -0.479 e. The molecule has 1 amide bonds. The lowest BCUT2D eigenvalue weighted by Crippen LogP contribution is -2.52. The van der Waals surface area contributed by atoms with E-state index in [1.54, 1.807) is 20.8 Å². The fourth-order valence-corrected chi connectivity index (χ4v) is 1.02. The van der Waals surface area contributed by atoms with Gasteiger partial charge in [-0.3, -0.25) is 0 Å². The molecule has 0 saturated heterocycles. The van der Waals surface area contributed by atoms with E-state index in [9.17, 15) is 9.59 Å². The van der Waals surface area contributed by atoms with Crippen molar-refractivity contribution in [1.29, 1.82) is 0 Å². The molecule has 0 aromatic heterocycles. The summed E-state index contributed by atoms with van der Waals surface area (Å²) in [5, 5.41) is 11.3. The van der Waals surface area contributed by atoms with E-state index in [1.165, 1.54) is 19.1 Å². The number of carbonyl (C=O) groups excluding carboxylic acids is 1. The summed E-state index contributed by atoms with van der Waals surface area (Å²) in [6.07, 6.45) is 1.83. The van der Waals surface area contributed by atoms with Gasteiger partial charge in [-0.25, -0.2) is 16.2 Å². The lowest BCUT2D eigenvalue weighted by molar-refractivity contribution is -0.142. The third-order valence-corrected chi connectivity index (χ3v) is 1.85. The van der Waals surface area contributed by atoms with Crippen LogP contribution in [-0.2, 0) is 9.53 Å². The number of hydrogen-bond donors (Lipinski definition) is 2. The van der Waals surface area contributed by atoms with Gasteiger partial charge in [0.25, 0.3) is 0 Å². The fourth-order valence-electron chi connectivity index (χ4n) is 1.02. The van der Waals surface area contributed by atoms with Gasteiger partial charge in [-0.15, -0.1) is 0 Å². The van der Waals surface area contributed by atoms with Crippen molar-refractivity contribution in [3.63, 3.8) is 0 Å². The SMILES string of the molecule is [C-]#[N+]C/C=C/C(C)(NC(=O)OC(C)(C)C)C(=O)O. The van der Waals surface area contributed by atoms with Crippen molar-refractivity contribution >= 4 is 12.1 Å². The maximum atomic E-state index is 11.5. The number of carbonyl (C=O) groups is 2. The average molecular weight is 254 g/mol. The number of carboxylic acid groups (broad SMARTS) is 1. The Labute approximate surface area is 106 Å². The topological polar surface area (TPSA) is 80.0 Å². The van der Waals surface area contributed by atoms with Gasteiger partial charge in [0.1, 0.15) is 5.60 Å². The van der Waals surface area contributed by atoms with Crippen LogP contribution in [0.3, 0.4) is 0 Å². The Bertz CT molecular complexity index is 390. The molecule has 6 nitrogen and oxygen atoms in total. The molecular formula is C12H18N2O4. The van der Waals surface area contributed by atoms with Crippen molar-refractivity contribution in [3.05, 3.63) is 23.6 Å². The highest BCUT2D eigenvalue weighted by molar-refractivity contribution is 5.86. The van der Waals surface area contributed by atoms with E-state index in [4.69, 9.17) is 16.4 Å². The van der Waals surface area contributed by atoms with E-state index < -0.39 is 23.2 Å². The van der Waals surface area contributed by atoms with Gasteiger partial charge in [-0.2, -0.15) is 0 Å². The van der Waals surface area contributed by atoms with Crippen LogP contribution in [0.1, 0.15) is 27.7 Å². The van der Waals surface area contributed by atoms with Crippen molar-refractivity contribution < 1.29 is 19.4 Å². The molecule has 0 aromatic rings. The predicted octanol–water partition coefficient (Wildman–Crippen LogP) is 1.83. The van der Waals surface area contributed by atoms with Gasteiger partial charge in [0, 0.05) is 0 Å². The van der Waals surface area contributed by atoms with Crippen LogP contribution < -0.4 is 5.32 Å². The zero-order valence-corrected chi connectivity index (χ0v) is 11.0. The fraction of sp³-hybridized carbons (Fsp3) is 0.583. The second-order valence-electron chi connectivity index (χ2n) is 4.88. The van der Waals surface area contributed by atoms with Crippen molar-refractivity contribution in [2.24, 2.45) is 0 Å². The summed E-state index contributed by atoms with van der Waals surface area (Å²) in [5.74, 6) is -1.23. The molecule has 0 aliphatic carbocycles. The first kappa shape index (κ1) is 16.0. The molecule has 0 bridgehead atoms. The first-order valence-corrected chi connectivity index (χ1v) is 5.36. The highest BCUT2D eigenvalue weighted by Crippen LogP contribution is 2.11. The van der Waals surface area contributed by atoms with E-state index in [2.05, 4.69) is 10.2 Å². The number of aliphatic carboxylic acids is 1. The number of nitrogens with one attached hydrogen (secondary N) is 1. The smallest absolute Gasteiger partial charge is 0.408 e. The zero-order chi connectivity index (χ0) is 14.4. The van der Waals surface area contributed by atoms with E-state index >= 15 is 0 Å². The number of amides is 1. The molecule has 0 spiro atoms. The molecule has 0 aliphatic heterocycles. The second-order valence-corrected chi connectivity index (χ2v) is 4.88. The van der Waals surface area contributed by atoms with E-state index in [0.717, 1.165) is 0 Å². The molecule has 0 fully saturated rings. The van der Waals surface area contributed by atoms with Gasteiger partial charge >= 0.3 is 12.1 Å². The Morgan fingerprint density at radius 1 is 1.39 bits per heavy atom. The lowest BCUT2D eigenvalue weighted by Gasteiger charge is -2.26. The van der Waals surface area contributed by atoms with Crippen LogP contribution in [0.2, 0.25) is 0 Å². The number of rotatable bonds is 4. The first-order chi connectivity index (χ1) is 8.10. The Kier molecular flexibility index (Phi) is 5.37. The highest BCUT2D eigenvalue weighted by atomic mass is 16.6. The van der Waals surface area contributed by atoms with E-state index in [1.807, 2.05) is 0 Å². The molecule has 0 aliphatic rings. The summed E-state index contributed by atoms with van der Waals surface area (Å²) >= 11 is 0. The van der Waals surface area contributed by atoms with Gasteiger partial charge in [0.05, 0.1) is 0 Å². The normalized spacial score (nSPS) is 14.6. The summed E-state index contributed by atoms with van der Waals surface area (Å²) in [7, 11) is 0. The number of ether oxygens (including phenoxy) is 1. The molecule has 0 rings (SSSR count). The molecule has 0 radical (unpaired) electrons. The maximum Gasteiger partial charge on any atom is 0.408 e. The van der Waals surface area contributed by atoms with Crippen LogP contribution in [0.4, 0.5) is 4.79 Å². The van der Waals surface area contributed by atoms with Crippen LogP contribution >= 0.6 is 0 Å². The van der Waals surface area contributed by atoms with E-state index in [-0.39, 0.29) is 6.54 Å². The second kappa shape index (κ2) is 6.05. The Balaban J connectivity index is 4.78. The molecule has 2 N–H and O–H groups in total. The molecule has 0 aromatic carbocycles. The average Bonchev–Trinajstić information content (AvgIpc) is 2.14. The molecular weight excluding hydrogens is 236 g/mol. The third-order valence-electron chi connectivity index (χ3n) is 1.85. The molecule has 6 heteroatoms. The Morgan fingerprint density at radius 3 is 2.33 bits per heavy atom. The third kappa shape index (κ3) is 5.89. The molecule has 100 valence electrons. The quantitative estimate of drug-likeness (QED) is 0.592. The molecule has 18 heavy (non-hydrogen) atoms. The van der Waals surface area contributed by atoms with Crippen LogP contribution in [0, 0.1) is 6.57 Å². The molecule has 1 atom stereocenters. The standard InChI is InChI=1S/C12H18N2O4/c1-11(2,3)18-10(17)14-12(4,9(15)16)7-6-8-13-5/h6-7H,8H2,1-4H3,(H,14,17)(H,15,16)/b7-6+. The number of hydrogen-bond acceptors (Lipinski definition) is 3. The summed E-state index contributed by atoms with van der Waals surface area (Å²) < 4.78 is 4.98. The summed E-state index contributed by atoms with van der Waals surface area (Å²) in [5.41, 5.74) is -2.29. The number of alkyl carbamates (subject to hydrolysis) is 1. The van der Waals surface area contributed by atoms with Crippen molar-refractivity contribution in [2.75, 3.05) is 6.54 Å². The predicted molar refractivity (Wildman–Crippen MR) is 66.0 cm³/mol. The summed E-state index contributed by atoms with van der Waals surface area (Å²) in [6, 6.07) is 0. The number of carboxylic acids is 1. The van der Waals surface area contributed by atoms with Gasteiger partial charge in [0.2, 0.25) is 6.54 Å². The highest BCUT2D eigenvalue weighted by Gasteiger charge is 2.33.